The lowest BCUT2D eigenvalue weighted by Crippen LogP contribution is -2.05. The normalized spacial score (nSPS) is 12.1. The Morgan fingerprint density at radius 1 is 1.38 bits per heavy atom. The van der Waals surface area contributed by atoms with Gasteiger partial charge >= 0.3 is 0 Å². The molecule has 0 spiro atoms. The molecule has 4 nitrogen and oxygen atoms in total. The lowest BCUT2D eigenvalue weighted by molar-refractivity contribution is 0.595. The van der Waals surface area contributed by atoms with E-state index in [1.54, 1.807) is 18.2 Å². The first-order chi connectivity index (χ1) is 7.53. The fraction of sp³-hybridized carbons (Fsp3) is 0.364. The number of fused-ring (bicyclic) bond motifs is 1. The summed E-state index contributed by atoms with van der Waals surface area (Å²) < 4.78 is 23.7. The van der Waals surface area contributed by atoms with Gasteiger partial charge in [0.25, 0.3) is 0 Å². The quantitative estimate of drug-likeness (QED) is 0.890. The Kier molecular flexibility index (Phi) is 2.71. The molecule has 1 heterocycles. The van der Waals surface area contributed by atoms with E-state index in [1.807, 2.05) is 13.8 Å². The van der Waals surface area contributed by atoms with Crippen molar-refractivity contribution in [2.45, 2.75) is 25.2 Å². The van der Waals surface area contributed by atoms with E-state index >= 15 is 0 Å². The maximum Gasteiger partial charge on any atom is 0.178 e. The number of rotatable bonds is 3. The zero-order chi connectivity index (χ0) is 11.8. The number of sulfone groups is 1. The monoisotopic (exact) mass is 238 g/mol. The number of benzene rings is 1. The van der Waals surface area contributed by atoms with Crippen molar-refractivity contribution < 1.29 is 8.42 Å². The van der Waals surface area contributed by atoms with Gasteiger partial charge in [-0.3, -0.25) is 0 Å². The van der Waals surface area contributed by atoms with Crippen molar-refractivity contribution in [3.63, 3.8) is 0 Å². The van der Waals surface area contributed by atoms with Crippen LogP contribution in [0.2, 0.25) is 0 Å². The zero-order valence-corrected chi connectivity index (χ0v) is 10.1. The lowest BCUT2D eigenvalue weighted by atomic mass is 10.3. The SMILES string of the molecule is CCCS(=O)(=O)c1ccc2[nH]c(C)nc2c1. The van der Waals surface area contributed by atoms with E-state index in [1.165, 1.54) is 0 Å². The average Bonchev–Trinajstić information content (AvgIpc) is 2.56. The molecule has 0 aliphatic rings. The number of nitrogens with zero attached hydrogens (tertiary/aromatic N) is 1. The third-order valence-corrected chi connectivity index (χ3v) is 4.32. The zero-order valence-electron chi connectivity index (χ0n) is 9.32. The largest absolute Gasteiger partial charge is 0.342 e. The minimum Gasteiger partial charge on any atom is -0.342 e. The highest BCUT2D eigenvalue weighted by Gasteiger charge is 2.14. The number of H-pyrrole nitrogens is 1. The lowest BCUT2D eigenvalue weighted by Gasteiger charge is -2.01. The van der Waals surface area contributed by atoms with Gasteiger partial charge < -0.3 is 4.98 Å². The molecule has 5 heteroatoms. The van der Waals surface area contributed by atoms with Crippen LogP contribution in [0, 0.1) is 6.92 Å². The Hall–Kier alpha value is -1.36. The molecule has 0 atom stereocenters. The second-order valence-corrected chi connectivity index (χ2v) is 5.93. The third-order valence-electron chi connectivity index (χ3n) is 2.40. The highest BCUT2D eigenvalue weighted by Crippen LogP contribution is 2.18. The number of hydrogen-bond donors (Lipinski definition) is 1. The van der Waals surface area contributed by atoms with E-state index in [0.717, 1.165) is 11.3 Å². The summed E-state index contributed by atoms with van der Waals surface area (Å²) >= 11 is 0. The van der Waals surface area contributed by atoms with Gasteiger partial charge in [-0.15, -0.1) is 0 Å². The van der Waals surface area contributed by atoms with Crippen LogP contribution in [-0.2, 0) is 9.84 Å². The Morgan fingerprint density at radius 2 is 2.12 bits per heavy atom. The summed E-state index contributed by atoms with van der Waals surface area (Å²) in [5.41, 5.74) is 1.57. The highest BCUT2D eigenvalue weighted by molar-refractivity contribution is 7.91. The molecule has 0 saturated carbocycles. The molecular weight excluding hydrogens is 224 g/mol. The van der Waals surface area contributed by atoms with E-state index in [-0.39, 0.29) is 5.75 Å². The smallest absolute Gasteiger partial charge is 0.178 e. The van der Waals surface area contributed by atoms with Gasteiger partial charge in [0.15, 0.2) is 9.84 Å². The van der Waals surface area contributed by atoms with Crippen LogP contribution in [0.1, 0.15) is 19.2 Å². The van der Waals surface area contributed by atoms with Crippen molar-refractivity contribution in [2.24, 2.45) is 0 Å². The fourth-order valence-electron chi connectivity index (χ4n) is 1.69. The van der Waals surface area contributed by atoms with Crippen molar-refractivity contribution in [3.8, 4) is 0 Å². The van der Waals surface area contributed by atoms with Gasteiger partial charge in [-0.05, 0) is 31.5 Å². The van der Waals surface area contributed by atoms with Gasteiger partial charge in [0.05, 0.1) is 21.7 Å². The van der Waals surface area contributed by atoms with Crippen LogP contribution in [-0.4, -0.2) is 24.1 Å². The number of aromatic amines is 1. The van der Waals surface area contributed by atoms with E-state index in [9.17, 15) is 8.42 Å². The second kappa shape index (κ2) is 3.90. The van der Waals surface area contributed by atoms with Crippen molar-refractivity contribution in [2.75, 3.05) is 5.75 Å². The summed E-state index contributed by atoms with van der Waals surface area (Å²) in [6.45, 7) is 3.70. The maximum absolute atomic E-state index is 11.8. The highest BCUT2D eigenvalue weighted by atomic mass is 32.2. The third kappa shape index (κ3) is 1.95. The number of nitrogens with one attached hydrogen (secondary N) is 1. The summed E-state index contributed by atoms with van der Waals surface area (Å²) in [5, 5.41) is 0. The molecule has 16 heavy (non-hydrogen) atoms. The first kappa shape index (κ1) is 11.1. The van der Waals surface area contributed by atoms with Crippen LogP contribution < -0.4 is 0 Å². The van der Waals surface area contributed by atoms with Crippen LogP contribution in [0.25, 0.3) is 11.0 Å². The van der Waals surface area contributed by atoms with E-state index < -0.39 is 9.84 Å². The molecule has 0 radical (unpaired) electrons. The Morgan fingerprint density at radius 3 is 2.81 bits per heavy atom. The molecule has 0 unspecified atom stereocenters. The molecule has 0 saturated heterocycles. The van der Waals surface area contributed by atoms with Crippen LogP contribution >= 0.6 is 0 Å². The molecule has 1 aromatic heterocycles. The number of hydrogen-bond acceptors (Lipinski definition) is 3. The molecule has 2 aromatic rings. The summed E-state index contributed by atoms with van der Waals surface area (Å²) in [4.78, 5) is 7.65. The number of aryl methyl sites for hydroxylation is 1. The number of imidazole rings is 1. The summed E-state index contributed by atoms with van der Waals surface area (Å²) in [7, 11) is -3.15. The van der Waals surface area contributed by atoms with Crippen LogP contribution in [0.5, 0.6) is 0 Å². The first-order valence-electron chi connectivity index (χ1n) is 5.22. The van der Waals surface area contributed by atoms with Crippen molar-refractivity contribution in [1.82, 2.24) is 9.97 Å². The van der Waals surface area contributed by atoms with Crippen molar-refractivity contribution in [3.05, 3.63) is 24.0 Å². The van der Waals surface area contributed by atoms with E-state index in [0.29, 0.717) is 16.8 Å². The fourth-order valence-corrected chi connectivity index (χ4v) is 3.03. The molecule has 1 N–H and O–H groups in total. The molecule has 2 rings (SSSR count). The Labute approximate surface area is 94.6 Å². The van der Waals surface area contributed by atoms with Crippen molar-refractivity contribution >= 4 is 20.9 Å². The molecule has 1 aromatic carbocycles. The molecule has 0 bridgehead atoms. The maximum atomic E-state index is 11.8. The van der Waals surface area contributed by atoms with Gasteiger partial charge in [0.1, 0.15) is 5.82 Å². The van der Waals surface area contributed by atoms with E-state index in [2.05, 4.69) is 9.97 Å². The van der Waals surface area contributed by atoms with Gasteiger partial charge in [0.2, 0.25) is 0 Å². The molecule has 86 valence electrons. The Balaban J connectivity index is 2.54. The van der Waals surface area contributed by atoms with E-state index in [4.69, 9.17) is 0 Å². The molecule has 0 aliphatic carbocycles. The minimum absolute atomic E-state index is 0.182. The van der Waals surface area contributed by atoms with Crippen LogP contribution in [0.15, 0.2) is 23.1 Å². The van der Waals surface area contributed by atoms with Gasteiger partial charge in [-0.2, -0.15) is 0 Å². The number of aromatic nitrogens is 2. The Bertz CT molecular complexity index is 614. The van der Waals surface area contributed by atoms with Crippen LogP contribution in [0.4, 0.5) is 0 Å². The standard InChI is InChI=1S/C11H14N2O2S/c1-3-6-16(14,15)9-4-5-10-11(7-9)13-8(2)12-10/h4-5,7H,3,6H2,1-2H3,(H,12,13). The molecular formula is C11H14N2O2S. The van der Waals surface area contributed by atoms with Gasteiger partial charge in [-0.1, -0.05) is 6.92 Å². The molecule has 0 amide bonds. The molecule has 0 fully saturated rings. The summed E-state index contributed by atoms with van der Waals surface area (Å²) in [5.74, 6) is 0.974. The predicted octanol–water partition coefficient (Wildman–Crippen LogP) is 2.06. The summed E-state index contributed by atoms with van der Waals surface area (Å²) in [6, 6.07) is 5.02. The topological polar surface area (TPSA) is 62.8 Å². The molecule has 0 aliphatic heterocycles. The van der Waals surface area contributed by atoms with Crippen molar-refractivity contribution in [1.29, 1.82) is 0 Å². The van der Waals surface area contributed by atoms with Gasteiger partial charge in [-0.25, -0.2) is 13.4 Å². The van der Waals surface area contributed by atoms with Crippen LogP contribution in [0.3, 0.4) is 0 Å². The average molecular weight is 238 g/mol. The predicted molar refractivity (Wildman–Crippen MR) is 63.2 cm³/mol. The van der Waals surface area contributed by atoms with Gasteiger partial charge in [0, 0.05) is 0 Å². The first-order valence-corrected chi connectivity index (χ1v) is 6.87. The minimum atomic E-state index is -3.15. The summed E-state index contributed by atoms with van der Waals surface area (Å²) in [6.07, 6.45) is 0.625. The second-order valence-electron chi connectivity index (χ2n) is 3.82.